The number of fused-ring (bicyclic) bond motifs is 1. The maximum absolute atomic E-state index is 11.3. The first-order valence-corrected chi connectivity index (χ1v) is 7.75. The number of carbonyl (C=O) groups is 1. The molecule has 1 amide bonds. The van der Waals surface area contributed by atoms with E-state index in [1.54, 1.807) is 24.2 Å². The Morgan fingerprint density at radius 2 is 2.00 bits per heavy atom. The van der Waals surface area contributed by atoms with Gasteiger partial charge in [0.1, 0.15) is 0 Å². The second-order valence-electron chi connectivity index (χ2n) is 4.08. The van der Waals surface area contributed by atoms with Crippen molar-refractivity contribution in [3.05, 3.63) is 52.6 Å². The van der Waals surface area contributed by atoms with Crippen LogP contribution in [0.5, 0.6) is 0 Å². The van der Waals surface area contributed by atoms with Crippen LogP contribution in [0.3, 0.4) is 0 Å². The van der Waals surface area contributed by atoms with Crippen LogP contribution in [-0.2, 0) is 0 Å². The minimum atomic E-state index is -0.409. The lowest BCUT2D eigenvalue weighted by Crippen LogP contribution is -2.08. The predicted octanol–water partition coefficient (Wildman–Crippen LogP) is 4.20. The Labute approximate surface area is 128 Å². The van der Waals surface area contributed by atoms with Gasteiger partial charge in [-0.1, -0.05) is 23.4 Å². The number of hydrogen-bond acceptors (Lipinski definition) is 4. The summed E-state index contributed by atoms with van der Waals surface area (Å²) in [4.78, 5) is 18.1. The Bertz CT molecular complexity index is 783. The molecule has 2 heterocycles. The van der Waals surface area contributed by atoms with Crippen LogP contribution in [0.4, 0.5) is 0 Å². The van der Waals surface area contributed by atoms with Gasteiger partial charge in [0.2, 0.25) is 0 Å². The molecule has 20 heavy (non-hydrogen) atoms. The number of benzene rings is 1. The molecule has 0 bridgehead atoms. The molecule has 0 unspecified atom stereocenters. The number of rotatable bonds is 3. The zero-order valence-electron chi connectivity index (χ0n) is 10.2. The van der Waals surface area contributed by atoms with Crippen molar-refractivity contribution in [3.8, 4) is 0 Å². The van der Waals surface area contributed by atoms with Gasteiger partial charge < -0.3 is 5.73 Å². The van der Waals surface area contributed by atoms with Gasteiger partial charge in [-0.3, -0.25) is 9.78 Å². The second-order valence-corrected chi connectivity index (χ2v) is 6.72. The van der Waals surface area contributed by atoms with E-state index >= 15 is 0 Å². The molecule has 100 valence electrons. The highest BCUT2D eigenvalue weighted by Gasteiger charge is 2.11. The molecule has 6 heteroatoms. The molecule has 2 aromatic heterocycles. The maximum Gasteiger partial charge on any atom is 0.258 e. The van der Waals surface area contributed by atoms with Crippen LogP contribution in [0.15, 0.2) is 52.5 Å². The molecule has 0 fully saturated rings. The van der Waals surface area contributed by atoms with E-state index in [-0.39, 0.29) is 0 Å². The van der Waals surface area contributed by atoms with E-state index in [1.807, 2.05) is 30.3 Å². The van der Waals surface area contributed by atoms with E-state index in [2.05, 4.69) is 4.98 Å². The molecule has 0 radical (unpaired) electrons. The van der Waals surface area contributed by atoms with Gasteiger partial charge in [0, 0.05) is 32.6 Å². The van der Waals surface area contributed by atoms with Gasteiger partial charge >= 0.3 is 0 Å². The third-order valence-corrected chi connectivity index (χ3v) is 5.08. The summed E-state index contributed by atoms with van der Waals surface area (Å²) in [6.45, 7) is 0. The molecule has 0 aliphatic rings. The molecule has 3 rings (SSSR count). The van der Waals surface area contributed by atoms with Crippen LogP contribution in [0.25, 0.3) is 10.1 Å². The normalized spacial score (nSPS) is 10.8. The molecule has 0 aliphatic heterocycles. The lowest BCUT2D eigenvalue weighted by molar-refractivity contribution is 0.100. The molecule has 0 aliphatic carbocycles. The highest BCUT2D eigenvalue weighted by molar-refractivity contribution is 7.99. The lowest BCUT2D eigenvalue weighted by Gasteiger charge is -2.02. The predicted molar refractivity (Wildman–Crippen MR) is 83.7 cm³/mol. The van der Waals surface area contributed by atoms with Gasteiger partial charge in [-0.25, -0.2) is 0 Å². The van der Waals surface area contributed by atoms with Crippen LogP contribution in [-0.4, -0.2) is 10.9 Å². The molecule has 0 saturated carbocycles. The van der Waals surface area contributed by atoms with E-state index in [0.717, 1.165) is 19.9 Å². The Morgan fingerprint density at radius 1 is 1.25 bits per heavy atom. The Balaban J connectivity index is 2.02. The van der Waals surface area contributed by atoms with Gasteiger partial charge in [0.15, 0.2) is 0 Å². The molecule has 0 spiro atoms. The maximum atomic E-state index is 11.3. The monoisotopic (exact) mass is 320 g/mol. The van der Waals surface area contributed by atoms with Gasteiger partial charge in [-0.15, -0.1) is 11.3 Å². The largest absolute Gasteiger partial charge is 0.365 e. The van der Waals surface area contributed by atoms with Crippen LogP contribution in [0, 0.1) is 0 Å². The van der Waals surface area contributed by atoms with Crippen molar-refractivity contribution >= 4 is 50.7 Å². The number of thiophene rings is 1. The van der Waals surface area contributed by atoms with E-state index in [0.29, 0.717) is 9.90 Å². The Hall–Kier alpha value is -1.56. The van der Waals surface area contributed by atoms with Crippen molar-refractivity contribution in [1.82, 2.24) is 4.98 Å². The van der Waals surface area contributed by atoms with E-state index < -0.39 is 5.91 Å². The first kappa shape index (κ1) is 13.4. The average molecular weight is 321 g/mol. The first-order valence-electron chi connectivity index (χ1n) is 5.74. The summed E-state index contributed by atoms with van der Waals surface area (Å²) in [6, 6.07) is 9.42. The van der Waals surface area contributed by atoms with E-state index in [9.17, 15) is 4.79 Å². The number of primary amides is 1. The second kappa shape index (κ2) is 5.44. The summed E-state index contributed by atoms with van der Waals surface area (Å²) < 4.78 is 0.956. The number of carbonyl (C=O) groups excluding carboxylic acids is 1. The van der Waals surface area contributed by atoms with Crippen molar-refractivity contribution in [2.45, 2.75) is 9.79 Å². The number of aromatic nitrogens is 1. The van der Waals surface area contributed by atoms with Gasteiger partial charge in [-0.05, 0) is 30.3 Å². The molecule has 0 atom stereocenters. The number of nitrogens with two attached hydrogens (primary N) is 1. The number of pyridine rings is 1. The third kappa shape index (κ3) is 2.65. The summed E-state index contributed by atoms with van der Waals surface area (Å²) in [5.41, 5.74) is 5.33. The highest BCUT2D eigenvalue weighted by atomic mass is 35.5. The SMILES string of the molecule is NC(=O)c1cc2c(Sc3ccc(Cl)cc3)cncc2s1. The lowest BCUT2D eigenvalue weighted by atomic mass is 10.3. The van der Waals surface area contributed by atoms with Crippen molar-refractivity contribution in [2.75, 3.05) is 0 Å². The van der Waals surface area contributed by atoms with Crippen molar-refractivity contribution < 1.29 is 4.79 Å². The zero-order valence-corrected chi connectivity index (χ0v) is 12.6. The molecule has 3 nitrogen and oxygen atoms in total. The Kier molecular flexibility index (Phi) is 3.65. The summed E-state index contributed by atoms with van der Waals surface area (Å²) in [6.07, 6.45) is 3.54. The molecule has 1 aromatic carbocycles. The zero-order chi connectivity index (χ0) is 14.1. The average Bonchev–Trinajstić information content (AvgIpc) is 2.87. The van der Waals surface area contributed by atoms with E-state index in [4.69, 9.17) is 17.3 Å². The minimum Gasteiger partial charge on any atom is -0.365 e. The van der Waals surface area contributed by atoms with Crippen molar-refractivity contribution in [1.29, 1.82) is 0 Å². The molecular weight excluding hydrogens is 312 g/mol. The van der Waals surface area contributed by atoms with Crippen molar-refractivity contribution in [3.63, 3.8) is 0 Å². The van der Waals surface area contributed by atoms with Gasteiger partial charge in [-0.2, -0.15) is 0 Å². The fraction of sp³-hybridized carbons (Fsp3) is 0. The standard InChI is InChI=1S/C14H9ClN2OS2/c15-8-1-3-9(4-2-8)19-12-6-17-7-13-10(12)5-11(20-13)14(16)18/h1-7H,(H2,16,18). The Morgan fingerprint density at radius 3 is 2.70 bits per heavy atom. The number of amides is 1. The fourth-order valence-corrected chi connectivity index (χ4v) is 3.78. The van der Waals surface area contributed by atoms with Crippen LogP contribution >= 0.6 is 34.7 Å². The van der Waals surface area contributed by atoms with Crippen molar-refractivity contribution in [2.24, 2.45) is 5.73 Å². The summed E-state index contributed by atoms with van der Waals surface area (Å²) in [7, 11) is 0. The summed E-state index contributed by atoms with van der Waals surface area (Å²) in [5.74, 6) is -0.409. The van der Waals surface area contributed by atoms with E-state index in [1.165, 1.54) is 11.3 Å². The van der Waals surface area contributed by atoms with Crippen LogP contribution < -0.4 is 5.73 Å². The number of nitrogens with zero attached hydrogens (tertiary/aromatic N) is 1. The molecule has 0 saturated heterocycles. The third-order valence-electron chi connectivity index (χ3n) is 2.69. The fourth-order valence-electron chi connectivity index (χ4n) is 1.77. The number of halogens is 1. The van der Waals surface area contributed by atoms with Crippen LogP contribution in [0.1, 0.15) is 9.67 Å². The number of hydrogen-bond donors (Lipinski definition) is 1. The molecular formula is C14H9ClN2OS2. The smallest absolute Gasteiger partial charge is 0.258 e. The summed E-state index contributed by atoms with van der Waals surface area (Å²) >= 11 is 8.82. The highest BCUT2D eigenvalue weighted by Crippen LogP contribution is 2.36. The topological polar surface area (TPSA) is 56.0 Å². The van der Waals surface area contributed by atoms with Crippen LogP contribution in [0.2, 0.25) is 5.02 Å². The quantitative estimate of drug-likeness (QED) is 0.787. The molecule has 2 N–H and O–H groups in total. The first-order chi connectivity index (χ1) is 9.63. The minimum absolute atomic E-state index is 0.409. The summed E-state index contributed by atoms with van der Waals surface area (Å²) in [5, 5.41) is 1.70. The van der Waals surface area contributed by atoms with Gasteiger partial charge in [0.05, 0.1) is 9.58 Å². The molecule has 3 aromatic rings. The van der Waals surface area contributed by atoms with Gasteiger partial charge in [0.25, 0.3) is 5.91 Å².